The molecule has 0 amide bonds. The van der Waals surface area contributed by atoms with Gasteiger partial charge in [-0.1, -0.05) is 80.6 Å². The molecule has 25 heavy (non-hydrogen) atoms. The smallest absolute Gasteiger partial charge is 0.0129 e. The van der Waals surface area contributed by atoms with Crippen LogP contribution in [0, 0.1) is 0 Å². The molecule has 0 N–H and O–H groups in total. The van der Waals surface area contributed by atoms with E-state index in [4.69, 9.17) is 0 Å². The molecule has 3 rings (SSSR count). The molecule has 1 nitrogen and oxygen atoms in total. The molecular weight excluding hydrogens is 322 g/mol. The standard InChI is InChI=1S/C23H27NS/c1-4-23(21-15-11-8-12-16-21)25(24(5-2)6-3)18-17-22(19-25)20-13-9-7-10-14-20/h4,7-19H,5-6H2,1-3H3. The summed E-state index contributed by atoms with van der Waals surface area (Å²) in [6.07, 6.45) is 4.62. The van der Waals surface area contributed by atoms with Gasteiger partial charge in [0.05, 0.1) is 0 Å². The van der Waals surface area contributed by atoms with Gasteiger partial charge in [-0.05, 0) is 40.5 Å². The van der Waals surface area contributed by atoms with Crippen molar-refractivity contribution in [1.29, 1.82) is 0 Å². The van der Waals surface area contributed by atoms with E-state index in [1.165, 1.54) is 21.6 Å². The van der Waals surface area contributed by atoms with Crippen molar-refractivity contribution >= 4 is 20.7 Å². The van der Waals surface area contributed by atoms with E-state index in [2.05, 4.69) is 109 Å². The Morgan fingerprint density at radius 1 is 0.920 bits per heavy atom. The number of hydrogen-bond donors (Lipinski definition) is 0. The van der Waals surface area contributed by atoms with Crippen LogP contribution in [0.15, 0.2) is 83.6 Å². The van der Waals surface area contributed by atoms with Gasteiger partial charge in [0.2, 0.25) is 0 Å². The molecule has 1 aliphatic heterocycles. The van der Waals surface area contributed by atoms with Crippen LogP contribution in [0.3, 0.4) is 0 Å². The first-order chi connectivity index (χ1) is 12.2. The van der Waals surface area contributed by atoms with Gasteiger partial charge in [0.15, 0.2) is 0 Å². The van der Waals surface area contributed by atoms with E-state index in [1.807, 2.05) is 0 Å². The van der Waals surface area contributed by atoms with Crippen molar-refractivity contribution in [1.82, 2.24) is 4.31 Å². The van der Waals surface area contributed by atoms with Crippen molar-refractivity contribution < 1.29 is 0 Å². The van der Waals surface area contributed by atoms with Gasteiger partial charge in [-0.25, -0.2) is 0 Å². The molecule has 0 saturated carbocycles. The number of nitrogens with zero attached hydrogens (tertiary/aromatic N) is 1. The molecule has 0 bridgehead atoms. The maximum atomic E-state index is 2.61. The molecule has 1 heterocycles. The first kappa shape index (κ1) is 17.8. The third-order valence-electron chi connectivity index (χ3n) is 4.67. The molecule has 2 heteroatoms. The van der Waals surface area contributed by atoms with Crippen LogP contribution < -0.4 is 0 Å². The molecule has 1 aliphatic rings. The lowest BCUT2D eigenvalue weighted by atomic mass is 10.1. The van der Waals surface area contributed by atoms with Crippen LogP contribution in [0.2, 0.25) is 0 Å². The quantitative estimate of drug-likeness (QED) is 0.562. The van der Waals surface area contributed by atoms with Crippen LogP contribution in [0.25, 0.3) is 10.5 Å². The molecule has 1 atom stereocenters. The Morgan fingerprint density at radius 3 is 2.08 bits per heavy atom. The number of allylic oxidation sites excluding steroid dienone is 3. The van der Waals surface area contributed by atoms with E-state index in [0.29, 0.717) is 0 Å². The van der Waals surface area contributed by atoms with E-state index in [-0.39, 0.29) is 0 Å². The summed E-state index contributed by atoms with van der Waals surface area (Å²) >= 11 is 0. The lowest BCUT2D eigenvalue weighted by Gasteiger charge is -2.44. The largest absolute Gasteiger partial charge is 0.258 e. The molecule has 0 saturated heterocycles. The highest BCUT2D eigenvalue weighted by atomic mass is 32.3. The second kappa shape index (κ2) is 7.90. The van der Waals surface area contributed by atoms with Crippen LogP contribution in [0.4, 0.5) is 0 Å². The molecule has 2 aromatic carbocycles. The highest BCUT2D eigenvalue weighted by Crippen LogP contribution is 2.68. The van der Waals surface area contributed by atoms with Crippen molar-refractivity contribution in [2.45, 2.75) is 20.8 Å². The van der Waals surface area contributed by atoms with Gasteiger partial charge in [0.1, 0.15) is 0 Å². The molecule has 1 unspecified atom stereocenters. The Bertz CT molecular complexity index is 785. The Morgan fingerprint density at radius 2 is 1.52 bits per heavy atom. The Hall–Kier alpha value is -2.03. The molecule has 2 aromatic rings. The van der Waals surface area contributed by atoms with Crippen LogP contribution >= 0.6 is 10.2 Å². The fraction of sp³-hybridized carbons (Fsp3) is 0.217. The van der Waals surface area contributed by atoms with Gasteiger partial charge in [-0.3, -0.25) is 4.31 Å². The summed E-state index contributed by atoms with van der Waals surface area (Å²) in [6, 6.07) is 21.5. The maximum absolute atomic E-state index is 2.61. The first-order valence-corrected chi connectivity index (χ1v) is 10.7. The highest BCUT2D eigenvalue weighted by Gasteiger charge is 2.33. The summed E-state index contributed by atoms with van der Waals surface area (Å²) in [4.78, 5) is 1.43. The average Bonchev–Trinajstić information content (AvgIpc) is 3.11. The predicted molar refractivity (Wildman–Crippen MR) is 114 cm³/mol. The monoisotopic (exact) mass is 349 g/mol. The van der Waals surface area contributed by atoms with Crippen LogP contribution in [0.5, 0.6) is 0 Å². The van der Waals surface area contributed by atoms with Crippen LogP contribution in [-0.2, 0) is 0 Å². The SMILES string of the molecule is CC=C(c1ccccc1)S1(N(CC)CC)C=CC(c2ccccc2)=C1. The Kier molecular flexibility index (Phi) is 5.62. The minimum absolute atomic E-state index is 1.04. The van der Waals surface area contributed by atoms with Crippen LogP contribution in [-0.4, -0.2) is 17.4 Å². The normalized spacial score (nSPS) is 22.7. The summed E-state index contributed by atoms with van der Waals surface area (Å²) in [5.41, 5.74) is 3.95. The summed E-state index contributed by atoms with van der Waals surface area (Å²) < 4.78 is 2.61. The fourth-order valence-electron chi connectivity index (χ4n) is 3.48. The van der Waals surface area contributed by atoms with Crippen molar-refractivity contribution in [2.75, 3.05) is 13.1 Å². The number of rotatable bonds is 6. The first-order valence-electron chi connectivity index (χ1n) is 9.00. The van der Waals surface area contributed by atoms with Gasteiger partial charge in [-0.2, -0.15) is 0 Å². The third kappa shape index (κ3) is 3.37. The molecule has 0 radical (unpaired) electrons. The number of hydrogen-bond acceptors (Lipinski definition) is 1. The van der Waals surface area contributed by atoms with Gasteiger partial charge in [0.25, 0.3) is 0 Å². The highest BCUT2D eigenvalue weighted by molar-refractivity contribution is 8.43. The molecule has 0 spiro atoms. The predicted octanol–water partition coefficient (Wildman–Crippen LogP) is 6.68. The summed E-state index contributed by atoms with van der Waals surface area (Å²) in [5, 5.41) is 4.96. The topological polar surface area (TPSA) is 3.24 Å². The Balaban J connectivity index is 2.14. The second-order valence-electron chi connectivity index (χ2n) is 6.05. The van der Waals surface area contributed by atoms with Crippen LogP contribution in [0.1, 0.15) is 31.9 Å². The second-order valence-corrected chi connectivity index (χ2v) is 8.86. The van der Waals surface area contributed by atoms with Crippen molar-refractivity contribution in [3.05, 3.63) is 94.8 Å². The van der Waals surface area contributed by atoms with E-state index >= 15 is 0 Å². The van der Waals surface area contributed by atoms with E-state index in [9.17, 15) is 0 Å². The van der Waals surface area contributed by atoms with Crippen molar-refractivity contribution in [3.63, 3.8) is 0 Å². The third-order valence-corrected chi connectivity index (χ3v) is 8.39. The van der Waals surface area contributed by atoms with Gasteiger partial charge in [0, 0.05) is 18.0 Å². The minimum atomic E-state index is -1.29. The zero-order valence-corrected chi connectivity index (χ0v) is 16.2. The van der Waals surface area contributed by atoms with Gasteiger partial charge >= 0.3 is 0 Å². The van der Waals surface area contributed by atoms with E-state index in [1.54, 1.807) is 0 Å². The molecule has 0 aromatic heterocycles. The molecule has 0 aliphatic carbocycles. The maximum Gasteiger partial charge on any atom is 0.0129 e. The minimum Gasteiger partial charge on any atom is -0.258 e. The molecular formula is C23H27NS. The van der Waals surface area contributed by atoms with Crippen molar-refractivity contribution in [2.24, 2.45) is 0 Å². The molecule has 130 valence electrons. The summed E-state index contributed by atoms with van der Waals surface area (Å²) in [5.74, 6) is 0. The zero-order valence-electron chi connectivity index (χ0n) is 15.4. The lowest BCUT2D eigenvalue weighted by Crippen LogP contribution is -2.25. The van der Waals surface area contributed by atoms with Gasteiger partial charge in [-0.15, -0.1) is 10.2 Å². The molecule has 0 fully saturated rings. The lowest BCUT2D eigenvalue weighted by molar-refractivity contribution is 0.519. The number of benzene rings is 2. The fourth-order valence-corrected chi connectivity index (χ4v) is 7.13. The zero-order chi connectivity index (χ0) is 17.7. The van der Waals surface area contributed by atoms with Gasteiger partial charge < -0.3 is 0 Å². The van der Waals surface area contributed by atoms with Crippen molar-refractivity contribution in [3.8, 4) is 0 Å². The Labute approximate surface area is 153 Å². The van der Waals surface area contributed by atoms with E-state index in [0.717, 1.165) is 13.1 Å². The summed E-state index contributed by atoms with van der Waals surface area (Å²) in [7, 11) is -1.29. The average molecular weight is 350 g/mol. The van der Waals surface area contributed by atoms with E-state index < -0.39 is 10.2 Å². The summed E-state index contributed by atoms with van der Waals surface area (Å²) in [6.45, 7) is 8.78.